The van der Waals surface area contributed by atoms with Gasteiger partial charge in [-0.2, -0.15) is 0 Å². The van der Waals surface area contributed by atoms with Crippen LogP contribution in [0.2, 0.25) is 0 Å². The van der Waals surface area contributed by atoms with E-state index in [2.05, 4.69) is 44.8 Å². The Hall–Kier alpha value is -2.12. The van der Waals surface area contributed by atoms with Gasteiger partial charge in [-0.1, -0.05) is 38.1 Å². The molecule has 0 saturated carbocycles. The van der Waals surface area contributed by atoms with Crippen LogP contribution >= 0.6 is 0 Å². The first-order chi connectivity index (χ1) is 15.0. The molecule has 0 spiro atoms. The maximum Gasteiger partial charge on any atom is 0.225 e. The van der Waals surface area contributed by atoms with Crippen LogP contribution in [0, 0.1) is 5.92 Å². The van der Waals surface area contributed by atoms with E-state index in [1.807, 2.05) is 25.7 Å². The summed E-state index contributed by atoms with van der Waals surface area (Å²) in [7, 11) is 0. The van der Waals surface area contributed by atoms with Gasteiger partial charge in [-0.15, -0.1) is 0 Å². The van der Waals surface area contributed by atoms with Gasteiger partial charge in [0.15, 0.2) is 5.96 Å². The van der Waals surface area contributed by atoms with E-state index in [0.29, 0.717) is 19.1 Å². The quantitative estimate of drug-likeness (QED) is 0.453. The average molecular weight is 430 g/mol. The van der Waals surface area contributed by atoms with Crippen molar-refractivity contribution in [3.8, 4) is 0 Å². The third kappa shape index (κ3) is 6.94. The third-order valence-electron chi connectivity index (χ3n) is 6.12. The Morgan fingerprint density at radius 3 is 2.58 bits per heavy atom. The molecule has 1 fully saturated rings. The molecule has 3 N–H and O–H groups in total. The first-order valence-corrected chi connectivity index (χ1v) is 11.8. The number of carbonyl (C=O) groups excluding carboxylic acids is 1. The van der Waals surface area contributed by atoms with Gasteiger partial charge in [-0.25, -0.2) is 0 Å². The fraction of sp³-hybridized carbons (Fsp3) is 0.667. The van der Waals surface area contributed by atoms with Crippen LogP contribution < -0.4 is 10.6 Å². The van der Waals surface area contributed by atoms with E-state index in [0.717, 1.165) is 57.9 Å². The average Bonchev–Trinajstić information content (AvgIpc) is 2.77. The van der Waals surface area contributed by atoms with Gasteiger partial charge in [0.1, 0.15) is 0 Å². The summed E-state index contributed by atoms with van der Waals surface area (Å²) in [6.45, 7) is 11.2. The Kier molecular flexibility index (Phi) is 8.72. The van der Waals surface area contributed by atoms with Crippen molar-refractivity contribution in [3.05, 3.63) is 35.4 Å². The summed E-state index contributed by atoms with van der Waals surface area (Å²) in [5, 5.41) is 17.4. The lowest BCUT2D eigenvalue weighted by Gasteiger charge is -2.34. The predicted octanol–water partition coefficient (Wildman–Crippen LogP) is 1.61. The van der Waals surface area contributed by atoms with E-state index in [1.165, 1.54) is 11.1 Å². The number of piperidine rings is 1. The highest BCUT2D eigenvalue weighted by molar-refractivity contribution is 5.80. The van der Waals surface area contributed by atoms with Crippen LogP contribution in [0.3, 0.4) is 0 Å². The van der Waals surface area contributed by atoms with Gasteiger partial charge in [0, 0.05) is 51.2 Å². The molecule has 7 nitrogen and oxygen atoms in total. The van der Waals surface area contributed by atoms with Crippen LogP contribution in [0.5, 0.6) is 0 Å². The number of hydrogen-bond donors (Lipinski definition) is 3. The number of benzene rings is 1. The molecule has 3 rings (SSSR count). The lowest BCUT2D eigenvalue weighted by molar-refractivity contribution is -0.135. The first-order valence-electron chi connectivity index (χ1n) is 11.8. The number of aliphatic hydroxyl groups is 1. The summed E-state index contributed by atoms with van der Waals surface area (Å²) in [5.74, 6) is 1.04. The molecular weight excluding hydrogens is 390 g/mol. The fourth-order valence-corrected chi connectivity index (χ4v) is 4.39. The maximum atomic E-state index is 12.2. The minimum absolute atomic E-state index is 0.0539. The summed E-state index contributed by atoms with van der Waals surface area (Å²) in [4.78, 5) is 21.1. The van der Waals surface area contributed by atoms with Crippen LogP contribution in [0.25, 0.3) is 0 Å². The third-order valence-corrected chi connectivity index (χ3v) is 6.12. The zero-order chi connectivity index (χ0) is 22.2. The number of carbonyl (C=O) groups is 1. The van der Waals surface area contributed by atoms with Crippen LogP contribution in [0.4, 0.5) is 0 Å². The van der Waals surface area contributed by atoms with Gasteiger partial charge in [0.2, 0.25) is 5.91 Å². The molecule has 0 bridgehead atoms. The van der Waals surface area contributed by atoms with Crippen molar-refractivity contribution >= 4 is 11.9 Å². The van der Waals surface area contributed by atoms with Crippen LogP contribution in [-0.4, -0.2) is 78.2 Å². The summed E-state index contributed by atoms with van der Waals surface area (Å²) in [5.41, 5.74) is 2.78. The van der Waals surface area contributed by atoms with E-state index in [-0.39, 0.29) is 11.8 Å². The number of likely N-dealkylation sites (tertiary alicyclic amines) is 1. The molecule has 0 radical (unpaired) electrons. The molecule has 1 unspecified atom stereocenters. The standard InChI is InChI=1S/C24H39N5O2/c1-4-25-24(27-21-10-13-29(14-11-21)23(31)18(2)3)26-15-22(30)17-28-12-9-19-7-5-6-8-20(19)16-28/h5-8,18,21-22,30H,4,9-17H2,1-3H3,(H2,25,26,27). The van der Waals surface area contributed by atoms with Gasteiger partial charge in [-0.3, -0.25) is 14.7 Å². The number of β-amino-alcohol motifs (C(OH)–C–C–N with tert-alkyl or cyclic N) is 1. The van der Waals surface area contributed by atoms with Crippen molar-refractivity contribution in [2.75, 3.05) is 39.3 Å². The molecule has 172 valence electrons. The van der Waals surface area contributed by atoms with E-state index < -0.39 is 6.10 Å². The van der Waals surface area contributed by atoms with Crippen molar-refractivity contribution in [1.29, 1.82) is 0 Å². The number of rotatable bonds is 7. The van der Waals surface area contributed by atoms with Gasteiger partial charge in [-0.05, 0) is 37.3 Å². The smallest absolute Gasteiger partial charge is 0.225 e. The number of aliphatic hydroxyl groups excluding tert-OH is 1. The van der Waals surface area contributed by atoms with Crippen LogP contribution in [0.15, 0.2) is 29.3 Å². The molecule has 0 aliphatic carbocycles. The predicted molar refractivity (Wildman–Crippen MR) is 125 cm³/mol. The molecule has 2 aliphatic heterocycles. The topological polar surface area (TPSA) is 80.2 Å². The number of fused-ring (bicyclic) bond motifs is 1. The van der Waals surface area contributed by atoms with Gasteiger partial charge in [0.25, 0.3) is 0 Å². The number of amides is 1. The summed E-state index contributed by atoms with van der Waals surface area (Å²) in [6.07, 6.45) is 2.37. The molecule has 1 saturated heterocycles. The number of nitrogens with zero attached hydrogens (tertiary/aromatic N) is 3. The highest BCUT2D eigenvalue weighted by Gasteiger charge is 2.25. The number of hydrogen-bond acceptors (Lipinski definition) is 4. The lowest BCUT2D eigenvalue weighted by atomic mass is 10.00. The minimum Gasteiger partial charge on any atom is -0.390 e. The highest BCUT2D eigenvalue weighted by atomic mass is 16.3. The Labute approximate surface area is 186 Å². The molecule has 0 aromatic heterocycles. The molecule has 2 heterocycles. The summed E-state index contributed by atoms with van der Waals surface area (Å²) in [6, 6.07) is 8.86. The molecule has 7 heteroatoms. The Bertz CT molecular complexity index is 743. The molecule has 1 amide bonds. The van der Waals surface area contributed by atoms with Gasteiger partial charge >= 0.3 is 0 Å². The first kappa shape index (κ1) is 23.5. The van der Waals surface area contributed by atoms with Crippen LogP contribution in [-0.2, 0) is 17.8 Å². The van der Waals surface area contributed by atoms with E-state index in [9.17, 15) is 9.90 Å². The second-order valence-electron chi connectivity index (χ2n) is 9.03. The van der Waals surface area contributed by atoms with Crippen molar-refractivity contribution in [1.82, 2.24) is 20.4 Å². The molecule has 1 atom stereocenters. The fourth-order valence-electron chi connectivity index (χ4n) is 4.39. The SMILES string of the molecule is CCNC(=NCC(O)CN1CCc2ccccc2C1)NC1CCN(C(=O)C(C)C)CC1. The Morgan fingerprint density at radius 1 is 1.19 bits per heavy atom. The molecule has 1 aromatic carbocycles. The number of aliphatic imine (C=N–C) groups is 1. The summed E-state index contributed by atoms with van der Waals surface area (Å²) < 4.78 is 0. The Morgan fingerprint density at radius 2 is 1.90 bits per heavy atom. The van der Waals surface area contributed by atoms with Crippen molar-refractivity contribution in [2.45, 2.75) is 58.7 Å². The van der Waals surface area contributed by atoms with Gasteiger partial charge in [0.05, 0.1) is 12.6 Å². The second-order valence-corrected chi connectivity index (χ2v) is 9.03. The number of nitrogens with one attached hydrogen (secondary N) is 2. The monoisotopic (exact) mass is 429 g/mol. The molecule has 1 aromatic rings. The largest absolute Gasteiger partial charge is 0.390 e. The van der Waals surface area contributed by atoms with E-state index in [4.69, 9.17) is 0 Å². The molecule has 2 aliphatic rings. The second kappa shape index (κ2) is 11.5. The highest BCUT2D eigenvalue weighted by Crippen LogP contribution is 2.18. The number of guanidine groups is 1. The zero-order valence-electron chi connectivity index (χ0n) is 19.3. The maximum absolute atomic E-state index is 12.2. The normalized spacial score (nSPS) is 19.3. The van der Waals surface area contributed by atoms with Crippen molar-refractivity contribution in [2.24, 2.45) is 10.9 Å². The van der Waals surface area contributed by atoms with Crippen molar-refractivity contribution < 1.29 is 9.90 Å². The van der Waals surface area contributed by atoms with E-state index >= 15 is 0 Å². The minimum atomic E-state index is -0.494. The van der Waals surface area contributed by atoms with Gasteiger partial charge < -0.3 is 20.6 Å². The van der Waals surface area contributed by atoms with E-state index in [1.54, 1.807) is 0 Å². The van der Waals surface area contributed by atoms with Crippen molar-refractivity contribution in [3.63, 3.8) is 0 Å². The Balaban J connectivity index is 1.45. The summed E-state index contributed by atoms with van der Waals surface area (Å²) >= 11 is 0. The molecular formula is C24H39N5O2. The van der Waals surface area contributed by atoms with Crippen LogP contribution in [0.1, 0.15) is 44.7 Å². The lowest BCUT2D eigenvalue weighted by Crippen LogP contribution is -2.50. The zero-order valence-corrected chi connectivity index (χ0v) is 19.3. The molecule has 31 heavy (non-hydrogen) atoms.